The van der Waals surface area contributed by atoms with Gasteiger partial charge in [-0.1, -0.05) is 132 Å². The second kappa shape index (κ2) is 22.1. The minimum absolute atomic E-state index is 0. The molecule has 0 bridgehead atoms. The third-order valence-electron chi connectivity index (χ3n) is 4.33. The molecule has 0 aliphatic carbocycles. The summed E-state index contributed by atoms with van der Waals surface area (Å²) in [5.74, 6) is 0. The van der Waals surface area contributed by atoms with E-state index < -0.39 is 0 Å². The summed E-state index contributed by atoms with van der Waals surface area (Å²) in [5.41, 5.74) is 15.1. The topological polar surface area (TPSA) is 70.5 Å². The Morgan fingerprint density at radius 2 is 0.757 bits per heavy atom. The molecule has 0 aromatic heterocycles. The van der Waals surface area contributed by atoms with Crippen molar-refractivity contribution < 1.29 is 29.0 Å². The molecule has 0 unspecified atom stereocenters. The standard InChI is InChI=1S/2C8H9NOS.2C7H8.Zn/c2*9-8(11)10-6-7-4-2-1-3-5-7;2*1-7-5-3-2-4-6-7;/h2*1-5H,6H2,(H2,9,11);2*2-6H,1H3;. The summed E-state index contributed by atoms with van der Waals surface area (Å²) in [7, 11) is 0. The van der Waals surface area contributed by atoms with E-state index in [0.717, 1.165) is 11.1 Å². The number of ether oxygens (including phenoxy) is 2. The van der Waals surface area contributed by atoms with Gasteiger partial charge in [0.15, 0.2) is 0 Å². The van der Waals surface area contributed by atoms with E-state index in [0.29, 0.717) is 13.2 Å². The van der Waals surface area contributed by atoms with Crippen molar-refractivity contribution >= 4 is 34.8 Å². The zero-order valence-electron chi connectivity index (χ0n) is 21.5. The Kier molecular flexibility index (Phi) is 20.2. The average molecular weight is 584 g/mol. The molecule has 190 valence electrons. The van der Waals surface area contributed by atoms with Crippen LogP contribution in [0, 0.1) is 13.8 Å². The van der Waals surface area contributed by atoms with Gasteiger partial charge in [-0.05, 0) is 49.4 Å². The van der Waals surface area contributed by atoms with Crippen LogP contribution in [-0.2, 0) is 42.2 Å². The molecule has 4 nitrogen and oxygen atoms in total. The van der Waals surface area contributed by atoms with Gasteiger partial charge in [-0.2, -0.15) is 0 Å². The van der Waals surface area contributed by atoms with Crippen LogP contribution in [0.1, 0.15) is 22.3 Å². The van der Waals surface area contributed by atoms with Crippen molar-refractivity contribution in [2.45, 2.75) is 27.1 Å². The molecule has 7 heteroatoms. The van der Waals surface area contributed by atoms with Crippen molar-refractivity contribution in [3.05, 3.63) is 144 Å². The van der Waals surface area contributed by atoms with E-state index in [4.69, 9.17) is 20.9 Å². The van der Waals surface area contributed by atoms with Gasteiger partial charge in [0.05, 0.1) is 0 Å². The predicted octanol–water partition coefficient (Wildman–Crippen LogP) is 6.88. The molecule has 37 heavy (non-hydrogen) atoms. The van der Waals surface area contributed by atoms with Crippen molar-refractivity contribution in [2.75, 3.05) is 0 Å². The zero-order valence-corrected chi connectivity index (χ0v) is 26.1. The van der Waals surface area contributed by atoms with Crippen molar-refractivity contribution in [1.29, 1.82) is 0 Å². The Morgan fingerprint density at radius 3 is 0.946 bits per heavy atom. The average Bonchev–Trinajstić information content (AvgIpc) is 2.90. The first-order valence-corrected chi connectivity index (χ1v) is 12.1. The number of hydrogen-bond acceptors (Lipinski definition) is 4. The fraction of sp³-hybridized carbons (Fsp3) is 0.133. The van der Waals surface area contributed by atoms with Crippen molar-refractivity contribution in [3.63, 3.8) is 0 Å². The van der Waals surface area contributed by atoms with Gasteiger partial charge in [-0.3, -0.25) is 0 Å². The minimum atomic E-state index is 0. The maximum atomic E-state index is 5.15. The summed E-state index contributed by atoms with van der Waals surface area (Å²) >= 11 is 9.10. The molecule has 0 aliphatic rings. The second-order valence-electron chi connectivity index (χ2n) is 7.50. The molecule has 0 saturated carbocycles. The van der Waals surface area contributed by atoms with Gasteiger partial charge in [-0.25, -0.2) is 0 Å². The molecular weight excluding hydrogens is 550 g/mol. The molecular formula is C30H34N2O2S2Zn. The Bertz CT molecular complexity index is 1010. The van der Waals surface area contributed by atoms with Crippen LogP contribution in [0.4, 0.5) is 0 Å². The summed E-state index contributed by atoms with van der Waals surface area (Å²) in [6.45, 7) is 5.08. The van der Waals surface area contributed by atoms with Gasteiger partial charge < -0.3 is 20.9 Å². The first kappa shape index (κ1) is 33.9. The molecule has 0 aliphatic heterocycles. The molecule has 4 N–H and O–H groups in total. The van der Waals surface area contributed by atoms with Crippen molar-refractivity contribution in [2.24, 2.45) is 11.5 Å². The molecule has 4 aromatic carbocycles. The Labute approximate surface area is 244 Å². The van der Waals surface area contributed by atoms with E-state index >= 15 is 0 Å². The quantitative estimate of drug-likeness (QED) is 0.202. The Balaban J connectivity index is 0.000000473. The summed E-state index contributed by atoms with van der Waals surface area (Å²) in [6, 6.07) is 40.0. The maximum absolute atomic E-state index is 5.15. The molecule has 0 radical (unpaired) electrons. The van der Waals surface area contributed by atoms with Crippen LogP contribution in [0.5, 0.6) is 0 Å². The Morgan fingerprint density at radius 1 is 0.514 bits per heavy atom. The number of benzene rings is 4. The van der Waals surface area contributed by atoms with Gasteiger partial charge in [0.1, 0.15) is 13.2 Å². The first-order chi connectivity index (χ1) is 17.4. The molecule has 4 aromatic rings. The van der Waals surface area contributed by atoms with E-state index in [1.165, 1.54) is 11.1 Å². The number of rotatable bonds is 4. The van der Waals surface area contributed by atoms with Crippen LogP contribution in [-0.4, -0.2) is 10.3 Å². The van der Waals surface area contributed by atoms with Crippen LogP contribution in [0.15, 0.2) is 121 Å². The number of thiocarbonyl (C=S) groups is 2. The fourth-order valence-corrected chi connectivity index (χ4v) is 2.64. The van der Waals surface area contributed by atoms with Gasteiger partial charge in [-0.15, -0.1) is 0 Å². The number of nitrogens with two attached hydrogens (primary N) is 2. The summed E-state index contributed by atoms with van der Waals surface area (Å²) in [6.07, 6.45) is 0. The number of aryl methyl sites for hydroxylation is 2. The second-order valence-corrected chi connectivity index (χ2v) is 8.30. The molecule has 0 amide bonds. The summed E-state index contributed by atoms with van der Waals surface area (Å²) < 4.78 is 9.87. The third kappa shape index (κ3) is 20.7. The van der Waals surface area contributed by atoms with E-state index in [1.807, 2.05) is 97.1 Å². The fourth-order valence-electron chi connectivity index (χ4n) is 2.53. The van der Waals surface area contributed by atoms with Gasteiger partial charge in [0.2, 0.25) is 0 Å². The Hall–Kier alpha value is -3.12. The van der Waals surface area contributed by atoms with Crippen LogP contribution >= 0.6 is 24.4 Å². The zero-order chi connectivity index (χ0) is 26.4. The largest absolute Gasteiger partial charge is 0.466 e. The number of hydrogen-bond donors (Lipinski definition) is 2. The SMILES string of the molecule is Cc1ccccc1.Cc1ccccc1.NC(=S)OCc1ccccc1.NC(=S)OCc1ccccc1.[Zn]. The van der Waals surface area contributed by atoms with Gasteiger partial charge in [0, 0.05) is 19.5 Å². The van der Waals surface area contributed by atoms with Crippen LogP contribution in [0.25, 0.3) is 0 Å². The molecule has 0 saturated heterocycles. The van der Waals surface area contributed by atoms with Crippen LogP contribution < -0.4 is 11.5 Å². The monoisotopic (exact) mass is 582 g/mol. The van der Waals surface area contributed by atoms with E-state index in [9.17, 15) is 0 Å². The molecule has 0 heterocycles. The third-order valence-corrected chi connectivity index (χ3v) is 4.56. The van der Waals surface area contributed by atoms with Crippen LogP contribution in [0.3, 0.4) is 0 Å². The predicted molar refractivity (Wildman–Crippen MR) is 158 cm³/mol. The minimum Gasteiger partial charge on any atom is -0.466 e. The molecule has 0 atom stereocenters. The van der Waals surface area contributed by atoms with Gasteiger partial charge in [0.25, 0.3) is 10.3 Å². The molecule has 0 spiro atoms. The van der Waals surface area contributed by atoms with Crippen LogP contribution in [0.2, 0.25) is 0 Å². The maximum Gasteiger partial charge on any atom is 0.254 e. The molecule has 4 rings (SSSR count). The first-order valence-electron chi connectivity index (χ1n) is 11.3. The van der Waals surface area contributed by atoms with E-state index in [2.05, 4.69) is 62.5 Å². The van der Waals surface area contributed by atoms with Gasteiger partial charge >= 0.3 is 0 Å². The van der Waals surface area contributed by atoms with E-state index in [-0.39, 0.29) is 29.8 Å². The normalized spacial score (nSPS) is 8.70. The van der Waals surface area contributed by atoms with Crippen molar-refractivity contribution in [1.82, 2.24) is 0 Å². The van der Waals surface area contributed by atoms with E-state index in [1.54, 1.807) is 0 Å². The smallest absolute Gasteiger partial charge is 0.254 e. The van der Waals surface area contributed by atoms with Crippen molar-refractivity contribution in [3.8, 4) is 0 Å². The molecule has 0 fully saturated rings. The summed E-state index contributed by atoms with van der Waals surface area (Å²) in [5, 5.41) is 0.183. The summed E-state index contributed by atoms with van der Waals surface area (Å²) in [4.78, 5) is 0.